The van der Waals surface area contributed by atoms with Crippen molar-refractivity contribution in [2.45, 2.75) is 37.5 Å². The van der Waals surface area contributed by atoms with Crippen LogP contribution in [0.5, 0.6) is 0 Å². The maximum Gasteiger partial charge on any atom is 0.164 e. The van der Waals surface area contributed by atoms with Gasteiger partial charge in [0.1, 0.15) is 22.3 Å². The van der Waals surface area contributed by atoms with E-state index in [1.807, 2.05) is 60.7 Å². The Morgan fingerprint density at radius 1 is 0.357 bits per heavy atom. The summed E-state index contributed by atoms with van der Waals surface area (Å²) < 4.78 is 12.3. The number of aromatic nitrogens is 3. The van der Waals surface area contributed by atoms with E-state index in [4.69, 9.17) is 23.8 Å². The van der Waals surface area contributed by atoms with E-state index in [1.165, 1.54) is 65.5 Å². The molecule has 0 N–H and O–H groups in total. The van der Waals surface area contributed by atoms with Gasteiger partial charge in [-0.05, 0) is 101 Å². The highest BCUT2D eigenvalue weighted by molar-refractivity contribution is 6.07. The van der Waals surface area contributed by atoms with Gasteiger partial charge in [0.05, 0.1) is 0 Å². The maximum atomic E-state index is 6.15. The van der Waals surface area contributed by atoms with Crippen LogP contribution in [-0.2, 0) is 5.41 Å². The number of hydrogen-bond acceptors (Lipinski definition) is 5. The second kappa shape index (κ2) is 12.1. The Bertz CT molecular complexity index is 3050. The fraction of sp³-hybridized carbons (Fsp3) is 0.118. The van der Waals surface area contributed by atoms with Crippen LogP contribution in [0.15, 0.2) is 160 Å². The van der Waals surface area contributed by atoms with Gasteiger partial charge in [0.15, 0.2) is 17.5 Å². The Balaban J connectivity index is 0.972. The van der Waals surface area contributed by atoms with Gasteiger partial charge >= 0.3 is 0 Å². The van der Waals surface area contributed by atoms with Crippen molar-refractivity contribution in [2.24, 2.45) is 0 Å². The third kappa shape index (κ3) is 4.77. The van der Waals surface area contributed by atoms with Gasteiger partial charge in [0.25, 0.3) is 0 Å². The summed E-state index contributed by atoms with van der Waals surface area (Å²) in [6, 6.07) is 53.5. The van der Waals surface area contributed by atoms with Crippen molar-refractivity contribution < 1.29 is 8.83 Å². The molecule has 2 aliphatic rings. The van der Waals surface area contributed by atoms with Gasteiger partial charge in [0, 0.05) is 43.7 Å². The lowest BCUT2D eigenvalue weighted by Crippen LogP contribution is -2.27. The maximum absolute atomic E-state index is 6.15. The molecule has 266 valence electrons. The molecule has 0 unspecified atom stereocenters. The van der Waals surface area contributed by atoms with Crippen molar-refractivity contribution in [3.8, 4) is 56.4 Å². The highest BCUT2D eigenvalue weighted by Gasteiger charge is 2.43. The van der Waals surface area contributed by atoms with Gasteiger partial charge in [0.2, 0.25) is 0 Å². The number of para-hydroxylation sites is 2. The molecule has 5 nitrogen and oxygen atoms in total. The summed E-state index contributed by atoms with van der Waals surface area (Å²) in [4.78, 5) is 15.4. The summed E-state index contributed by atoms with van der Waals surface area (Å²) in [6.07, 6.45) is 6.39. The summed E-state index contributed by atoms with van der Waals surface area (Å²) in [6.45, 7) is 0. The van der Waals surface area contributed by atoms with Crippen LogP contribution in [0.25, 0.3) is 100 Å². The Morgan fingerprint density at radius 3 is 1.48 bits per heavy atom. The van der Waals surface area contributed by atoms with Gasteiger partial charge in [-0.3, -0.25) is 0 Å². The number of rotatable bonds is 4. The zero-order chi connectivity index (χ0) is 36.8. The van der Waals surface area contributed by atoms with E-state index in [0.717, 1.165) is 60.6 Å². The van der Waals surface area contributed by atoms with Gasteiger partial charge in [-0.25, -0.2) is 15.0 Å². The van der Waals surface area contributed by atoms with E-state index in [0.29, 0.717) is 17.5 Å². The van der Waals surface area contributed by atoms with Gasteiger partial charge in [-0.15, -0.1) is 0 Å². The largest absolute Gasteiger partial charge is 0.456 e. The lowest BCUT2D eigenvalue weighted by molar-refractivity contribution is 0.353. The lowest BCUT2D eigenvalue weighted by atomic mass is 9.68. The standard InChI is InChI=1S/C51H35N3O2/c1-8-26-51(27-9-1)42-13-5-2-10-36(42)39-28-33(20-23-43(39)51)31-16-18-32(19-17-31)48-52-49(34-21-24-46-40(29-34)37-11-3-6-14-44(37)55-46)54-50(53-48)35-22-25-47-41(30-35)38-12-4-7-15-45(38)56-47/h2-7,10-25,28-30H,1,8-9,26-27H2. The molecule has 56 heavy (non-hydrogen) atoms. The second-order valence-corrected chi connectivity index (χ2v) is 15.5. The van der Waals surface area contributed by atoms with Crippen LogP contribution in [0.4, 0.5) is 0 Å². The minimum absolute atomic E-state index is 0.158. The number of nitrogens with zero attached hydrogens (tertiary/aromatic N) is 3. The van der Waals surface area contributed by atoms with Crippen molar-refractivity contribution in [3.63, 3.8) is 0 Å². The summed E-state index contributed by atoms with van der Waals surface area (Å²) in [5, 5.41) is 4.19. The molecular formula is C51H35N3O2. The molecule has 0 saturated heterocycles. The summed E-state index contributed by atoms with van der Waals surface area (Å²) in [5.74, 6) is 1.83. The Morgan fingerprint density at radius 2 is 0.839 bits per heavy atom. The monoisotopic (exact) mass is 721 g/mol. The van der Waals surface area contributed by atoms with Crippen molar-refractivity contribution >= 4 is 43.9 Å². The smallest absolute Gasteiger partial charge is 0.164 e. The molecule has 0 atom stereocenters. The highest BCUT2D eigenvalue weighted by Crippen LogP contribution is 2.56. The predicted octanol–water partition coefficient (Wildman–Crippen LogP) is 13.6. The molecule has 12 rings (SSSR count). The third-order valence-corrected chi connectivity index (χ3v) is 12.4. The van der Waals surface area contributed by atoms with Crippen LogP contribution in [0, 0.1) is 0 Å². The summed E-state index contributed by atoms with van der Waals surface area (Å²) in [5.41, 5.74) is 14.5. The molecule has 1 spiro atoms. The van der Waals surface area contributed by atoms with Crippen LogP contribution < -0.4 is 0 Å². The van der Waals surface area contributed by atoms with E-state index in [2.05, 4.69) is 91.0 Å². The molecule has 0 bridgehead atoms. The lowest BCUT2D eigenvalue weighted by Gasteiger charge is -2.36. The minimum Gasteiger partial charge on any atom is -0.456 e. The topological polar surface area (TPSA) is 65.0 Å². The number of hydrogen-bond donors (Lipinski definition) is 0. The van der Waals surface area contributed by atoms with E-state index in [1.54, 1.807) is 0 Å². The second-order valence-electron chi connectivity index (χ2n) is 15.5. The van der Waals surface area contributed by atoms with Crippen molar-refractivity contribution in [1.29, 1.82) is 0 Å². The average molecular weight is 722 g/mol. The van der Waals surface area contributed by atoms with Crippen LogP contribution in [-0.4, -0.2) is 15.0 Å². The third-order valence-electron chi connectivity index (χ3n) is 12.4. The molecule has 7 aromatic carbocycles. The number of benzene rings is 7. The molecule has 5 heteroatoms. The zero-order valence-electron chi connectivity index (χ0n) is 30.6. The SMILES string of the molecule is c1ccc2c(c1)-c1cc(-c3ccc(-c4nc(-c5ccc6oc7ccccc7c6c5)nc(-c5ccc6oc7ccccc7c6c5)n4)cc3)ccc1C21CCCCC1. The van der Waals surface area contributed by atoms with Crippen LogP contribution >= 0.6 is 0 Å². The first kappa shape index (κ1) is 31.5. The van der Waals surface area contributed by atoms with Crippen LogP contribution in [0.1, 0.15) is 43.2 Å². The fourth-order valence-corrected chi connectivity index (χ4v) is 9.64. The van der Waals surface area contributed by atoms with Crippen molar-refractivity contribution in [3.05, 3.63) is 163 Å². The number of fused-ring (bicyclic) bond motifs is 11. The Kier molecular flexibility index (Phi) is 6.79. The average Bonchev–Trinajstić information content (AvgIpc) is 3.91. The molecule has 10 aromatic rings. The first-order valence-electron chi connectivity index (χ1n) is 19.6. The van der Waals surface area contributed by atoms with E-state index in [9.17, 15) is 0 Å². The highest BCUT2D eigenvalue weighted by atomic mass is 16.3. The first-order chi connectivity index (χ1) is 27.7. The summed E-state index contributed by atoms with van der Waals surface area (Å²) in [7, 11) is 0. The molecule has 3 aromatic heterocycles. The molecule has 3 heterocycles. The molecular weight excluding hydrogens is 687 g/mol. The molecule has 1 saturated carbocycles. The number of furan rings is 2. The molecule has 0 amide bonds. The quantitative estimate of drug-likeness (QED) is 0.181. The van der Waals surface area contributed by atoms with Gasteiger partial charge in [-0.1, -0.05) is 116 Å². The van der Waals surface area contributed by atoms with Crippen molar-refractivity contribution in [2.75, 3.05) is 0 Å². The predicted molar refractivity (Wildman–Crippen MR) is 225 cm³/mol. The van der Waals surface area contributed by atoms with E-state index < -0.39 is 0 Å². The Hall–Kier alpha value is -6.85. The van der Waals surface area contributed by atoms with E-state index >= 15 is 0 Å². The normalized spacial score (nSPS) is 14.6. The van der Waals surface area contributed by atoms with Gasteiger partial charge in [-0.2, -0.15) is 0 Å². The minimum atomic E-state index is 0.158. The first-order valence-corrected chi connectivity index (χ1v) is 19.6. The Labute approximate surface area is 323 Å². The zero-order valence-corrected chi connectivity index (χ0v) is 30.6. The van der Waals surface area contributed by atoms with Gasteiger partial charge < -0.3 is 8.83 Å². The molecule has 0 aliphatic heterocycles. The van der Waals surface area contributed by atoms with Crippen molar-refractivity contribution in [1.82, 2.24) is 15.0 Å². The molecule has 0 radical (unpaired) electrons. The van der Waals surface area contributed by atoms with Crippen LogP contribution in [0.2, 0.25) is 0 Å². The van der Waals surface area contributed by atoms with Crippen LogP contribution in [0.3, 0.4) is 0 Å². The van der Waals surface area contributed by atoms with E-state index in [-0.39, 0.29) is 5.41 Å². The molecule has 1 fully saturated rings. The summed E-state index contributed by atoms with van der Waals surface area (Å²) >= 11 is 0. The molecule has 2 aliphatic carbocycles. The fourth-order valence-electron chi connectivity index (χ4n) is 9.64.